The summed E-state index contributed by atoms with van der Waals surface area (Å²) in [5.41, 5.74) is 3.45. The van der Waals surface area contributed by atoms with Crippen LogP contribution < -0.4 is 9.64 Å². The second-order valence-electron chi connectivity index (χ2n) is 7.33. The van der Waals surface area contributed by atoms with Crippen molar-refractivity contribution < 1.29 is 9.13 Å². The highest BCUT2D eigenvalue weighted by molar-refractivity contribution is 5.46. The van der Waals surface area contributed by atoms with Gasteiger partial charge in [-0.25, -0.2) is 14.1 Å². The second-order valence-corrected chi connectivity index (χ2v) is 7.33. The molecule has 0 unspecified atom stereocenters. The summed E-state index contributed by atoms with van der Waals surface area (Å²) in [4.78, 5) is 8.83. The van der Waals surface area contributed by atoms with Crippen LogP contribution in [0.25, 0.3) is 0 Å². The molecule has 0 amide bonds. The molecule has 2 heterocycles. The normalized spacial score (nSPS) is 15.3. The maximum absolute atomic E-state index is 13.2. The number of hydrogen-bond donors (Lipinski definition) is 0. The standard InChI is InChI=1S/C22H26FN5O/c1-29-22-8-3-18(13-19(22)15-28-17-24-16-25-28)14-26-9-2-10-27(12-11-26)21-6-4-20(23)5-7-21/h3-8,13,16-17H,2,9-12,14-15H2,1H3. The first kappa shape index (κ1) is 19.4. The SMILES string of the molecule is COc1ccc(CN2CCCN(c3ccc(F)cc3)CC2)cc1Cn1cncn1. The number of ether oxygens (including phenoxy) is 1. The van der Waals surface area contributed by atoms with Gasteiger partial charge in [0, 0.05) is 44.0 Å². The topological polar surface area (TPSA) is 46.4 Å². The fourth-order valence-corrected chi connectivity index (χ4v) is 3.84. The van der Waals surface area contributed by atoms with Gasteiger partial charge in [-0.2, -0.15) is 5.10 Å². The Labute approximate surface area is 170 Å². The fraction of sp³-hybridized carbons (Fsp3) is 0.364. The molecule has 1 aliphatic rings. The molecular weight excluding hydrogens is 369 g/mol. The maximum atomic E-state index is 13.2. The van der Waals surface area contributed by atoms with Crippen LogP contribution in [0.3, 0.4) is 0 Å². The number of benzene rings is 2. The molecule has 0 N–H and O–H groups in total. The Hall–Kier alpha value is -2.93. The van der Waals surface area contributed by atoms with E-state index in [2.05, 4.69) is 32.0 Å². The van der Waals surface area contributed by atoms with Crippen molar-refractivity contribution in [3.63, 3.8) is 0 Å². The maximum Gasteiger partial charge on any atom is 0.137 e. The van der Waals surface area contributed by atoms with Crippen molar-refractivity contribution in [3.8, 4) is 5.75 Å². The molecule has 6 nitrogen and oxygen atoms in total. The summed E-state index contributed by atoms with van der Waals surface area (Å²) in [6.45, 7) is 5.47. The van der Waals surface area contributed by atoms with Crippen LogP contribution in [0.4, 0.5) is 10.1 Å². The van der Waals surface area contributed by atoms with Crippen molar-refractivity contribution >= 4 is 5.69 Å². The summed E-state index contributed by atoms with van der Waals surface area (Å²) < 4.78 is 20.5. The van der Waals surface area contributed by atoms with Gasteiger partial charge in [0.1, 0.15) is 24.2 Å². The van der Waals surface area contributed by atoms with Crippen LogP contribution in [0.15, 0.2) is 55.1 Å². The third-order valence-corrected chi connectivity index (χ3v) is 5.33. The number of rotatable bonds is 6. The lowest BCUT2D eigenvalue weighted by Gasteiger charge is -2.24. The van der Waals surface area contributed by atoms with Gasteiger partial charge >= 0.3 is 0 Å². The van der Waals surface area contributed by atoms with Crippen molar-refractivity contribution in [1.29, 1.82) is 0 Å². The van der Waals surface area contributed by atoms with Gasteiger partial charge in [-0.3, -0.25) is 4.90 Å². The van der Waals surface area contributed by atoms with Crippen LogP contribution in [0.5, 0.6) is 5.75 Å². The van der Waals surface area contributed by atoms with Gasteiger partial charge in [-0.05, 0) is 48.4 Å². The number of nitrogens with zero attached hydrogens (tertiary/aromatic N) is 5. The molecule has 7 heteroatoms. The highest BCUT2D eigenvalue weighted by Gasteiger charge is 2.16. The van der Waals surface area contributed by atoms with Crippen molar-refractivity contribution in [2.75, 3.05) is 38.2 Å². The van der Waals surface area contributed by atoms with E-state index in [4.69, 9.17) is 4.74 Å². The predicted molar refractivity (Wildman–Crippen MR) is 111 cm³/mol. The number of aromatic nitrogens is 3. The third kappa shape index (κ3) is 4.92. The molecule has 0 aliphatic carbocycles. The van der Waals surface area contributed by atoms with E-state index in [0.717, 1.165) is 56.1 Å². The minimum absolute atomic E-state index is 0.189. The van der Waals surface area contributed by atoms with E-state index in [0.29, 0.717) is 6.54 Å². The predicted octanol–water partition coefficient (Wildman–Crippen LogP) is 3.19. The van der Waals surface area contributed by atoms with Gasteiger partial charge in [-0.1, -0.05) is 6.07 Å². The molecular formula is C22H26FN5O. The molecule has 1 saturated heterocycles. The lowest BCUT2D eigenvalue weighted by atomic mass is 10.1. The van der Waals surface area contributed by atoms with Crippen LogP contribution in [0, 0.1) is 5.82 Å². The van der Waals surface area contributed by atoms with Crippen molar-refractivity contribution in [1.82, 2.24) is 19.7 Å². The highest BCUT2D eigenvalue weighted by atomic mass is 19.1. The van der Waals surface area contributed by atoms with Gasteiger partial charge in [0.25, 0.3) is 0 Å². The van der Waals surface area contributed by atoms with Crippen LogP contribution in [0.1, 0.15) is 17.5 Å². The molecule has 0 atom stereocenters. The lowest BCUT2D eigenvalue weighted by molar-refractivity contribution is 0.285. The zero-order valence-electron chi connectivity index (χ0n) is 16.7. The molecule has 29 heavy (non-hydrogen) atoms. The molecule has 3 aromatic rings. The molecule has 4 rings (SSSR count). The molecule has 152 valence electrons. The molecule has 0 radical (unpaired) electrons. The monoisotopic (exact) mass is 395 g/mol. The summed E-state index contributed by atoms with van der Waals surface area (Å²) in [6.07, 6.45) is 4.34. The molecule has 1 aliphatic heterocycles. The van der Waals surface area contributed by atoms with E-state index in [-0.39, 0.29) is 5.82 Å². The molecule has 0 bridgehead atoms. The quantitative estimate of drug-likeness (QED) is 0.642. The lowest BCUT2D eigenvalue weighted by Crippen LogP contribution is -2.30. The van der Waals surface area contributed by atoms with E-state index < -0.39 is 0 Å². The summed E-state index contributed by atoms with van der Waals surface area (Å²) >= 11 is 0. The van der Waals surface area contributed by atoms with Crippen LogP contribution in [-0.4, -0.2) is 53.0 Å². The van der Waals surface area contributed by atoms with E-state index >= 15 is 0 Å². The van der Waals surface area contributed by atoms with Crippen molar-refractivity contribution in [2.24, 2.45) is 0 Å². The average molecular weight is 395 g/mol. The second kappa shape index (κ2) is 9.05. The van der Waals surface area contributed by atoms with E-state index in [1.165, 1.54) is 17.7 Å². The van der Waals surface area contributed by atoms with Crippen LogP contribution in [0.2, 0.25) is 0 Å². The fourth-order valence-electron chi connectivity index (χ4n) is 3.84. The van der Waals surface area contributed by atoms with Crippen LogP contribution >= 0.6 is 0 Å². The van der Waals surface area contributed by atoms with Crippen molar-refractivity contribution in [2.45, 2.75) is 19.5 Å². The van der Waals surface area contributed by atoms with Crippen molar-refractivity contribution in [3.05, 3.63) is 72.1 Å². The third-order valence-electron chi connectivity index (χ3n) is 5.33. The highest BCUT2D eigenvalue weighted by Crippen LogP contribution is 2.23. The summed E-state index contributed by atoms with van der Waals surface area (Å²) in [5, 5.41) is 4.20. The minimum Gasteiger partial charge on any atom is -0.496 e. The Kier molecular flexibility index (Phi) is 6.05. The average Bonchev–Trinajstić information content (AvgIpc) is 3.13. The van der Waals surface area contributed by atoms with Gasteiger partial charge in [0.2, 0.25) is 0 Å². The zero-order valence-corrected chi connectivity index (χ0v) is 16.7. The Morgan fingerprint density at radius 3 is 2.62 bits per heavy atom. The molecule has 1 aromatic heterocycles. The van der Waals surface area contributed by atoms with Gasteiger partial charge in [0.05, 0.1) is 13.7 Å². The number of anilines is 1. The Bertz CT molecular complexity index is 913. The van der Waals surface area contributed by atoms with E-state index in [9.17, 15) is 4.39 Å². The Morgan fingerprint density at radius 2 is 1.86 bits per heavy atom. The van der Waals surface area contributed by atoms with E-state index in [1.807, 2.05) is 18.2 Å². The minimum atomic E-state index is -0.189. The summed E-state index contributed by atoms with van der Waals surface area (Å²) in [7, 11) is 1.69. The first-order valence-electron chi connectivity index (χ1n) is 9.92. The van der Waals surface area contributed by atoms with Crippen LogP contribution in [-0.2, 0) is 13.1 Å². The summed E-state index contributed by atoms with van der Waals surface area (Å²) in [6, 6.07) is 13.2. The Balaban J connectivity index is 1.41. The largest absolute Gasteiger partial charge is 0.496 e. The van der Waals surface area contributed by atoms with E-state index in [1.54, 1.807) is 24.4 Å². The van der Waals surface area contributed by atoms with Gasteiger partial charge in [0.15, 0.2) is 0 Å². The first-order chi connectivity index (χ1) is 14.2. The van der Waals surface area contributed by atoms with Gasteiger partial charge < -0.3 is 9.64 Å². The molecule has 0 saturated carbocycles. The smallest absolute Gasteiger partial charge is 0.137 e. The Morgan fingerprint density at radius 1 is 1.00 bits per heavy atom. The molecule has 0 spiro atoms. The number of methoxy groups -OCH3 is 1. The summed E-state index contributed by atoms with van der Waals surface area (Å²) in [5.74, 6) is 0.675. The number of halogens is 1. The molecule has 1 fully saturated rings. The van der Waals surface area contributed by atoms with Gasteiger partial charge in [-0.15, -0.1) is 0 Å². The number of hydrogen-bond acceptors (Lipinski definition) is 5. The zero-order chi connectivity index (χ0) is 20.1. The first-order valence-corrected chi connectivity index (χ1v) is 9.92. The molecule has 2 aromatic carbocycles.